The van der Waals surface area contributed by atoms with Crippen molar-refractivity contribution in [2.45, 2.75) is 25.4 Å². The van der Waals surface area contributed by atoms with Gasteiger partial charge >= 0.3 is 0 Å². The molecule has 0 radical (unpaired) electrons. The summed E-state index contributed by atoms with van der Waals surface area (Å²) < 4.78 is 7.45. The van der Waals surface area contributed by atoms with Gasteiger partial charge in [-0.05, 0) is 28.8 Å². The van der Waals surface area contributed by atoms with Gasteiger partial charge in [0.15, 0.2) is 6.10 Å². The zero-order chi connectivity index (χ0) is 16.8. The summed E-state index contributed by atoms with van der Waals surface area (Å²) in [5, 5.41) is 10.5. The second kappa shape index (κ2) is 5.65. The van der Waals surface area contributed by atoms with Crippen LogP contribution in [0.4, 0.5) is 0 Å². The monoisotopic (exact) mass is 330 g/mol. The molecule has 0 N–H and O–H groups in total. The molecule has 124 valence electrons. The molecule has 4 nitrogen and oxygen atoms in total. The van der Waals surface area contributed by atoms with Crippen molar-refractivity contribution in [3.05, 3.63) is 70.4 Å². The lowest BCUT2D eigenvalue weighted by Crippen LogP contribution is -2.27. The lowest BCUT2D eigenvalue weighted by molar-refractivity contribution is 0.0320. The molecule has 1 unspecified atom stereocenters. The van der Waals surface area contributed by atoms with Crippen molar-refractivity contribution < 1.29 is 9.57 Å². The van der Waals surface area contributed by atoms with Gasteiger partial charge in [0.1, 0.15) is 0 Å². The molecule has 0 saturated carbocycles. The molecule has 25 heavy (non-hydrogen) atoms. The van der Waals surface area contributed by atoms with Gasteiger partial charge in [-0.3, -0.25) is 0 Å². The van der Waals surface area contributed by atoms with Crippen molar-refractivity contribution in [3.8, 4) is 6.07 Å². The number of ether oxygens (including phenoxy) is 1. The second-order valence-corrected chi connectivity index (χ2v) is 6.78. The molecule has 1 aromatic heterocycles. The van der Waals surface area contributed by atoms with Crippen LogP contribution in [0.3, 0.4) is 0 Å². The maximum atomic E-state index is 9.30. The summed E-state index contributed by atoms with van der Waals surface area (Å²) in [6.07, 6.45) is 2.74. The van der Waals surface area contributed by atoms with Crippen molar-refractivity contribution in [1.29, 1.82) is 5.26 Å². The van der Waals surface area contributed by atoms with Crippen LogP contribution in [-0.4, -0.2) is 24.0 Å². The quantitative estimate of drug-likeness (QED) is 0.567. The Morgan fingerprint density at radius 2 is 1.96 bits per heavy atom. The van der Waals surface area contributed by atoms with Gasteiger partial charge in [-0.1, -0.05) is 30.3 Å². The van der Waals surface area contributed by atoms with Gasteiger partial charge in [0.25, 0.3) is 0 Å². The first-order chi connectivity index (χ1) is 12.3. The Balaban J connectivity index is 1.69. The summed E-state index contributed by atoms with van der Waals surface area (Å²) in [5.74, 6) is 0. The zero-order valence-corrected chi connectivity index (χ0v) is 13.9. The smallest absolute Gasteiger partial charge is 0.150 e. The van der Waals surface area contributed by atoms with Crippen molar-refractivity contribution in [2.75, 3.05) is 13.2 Å². The highest BCUT2D eigenvalue weighted by atomic mass is 16.7. The van der Waals surface area contributed by atoms with E-state index < -0.39 is 0 Å². The minimum Gasteiger partial charge on any atom is -0.408 e. The molecule has 4 heteroatoms. The Morgan fingerprint density at radius 3 is 2.72 bits per heavy atom. The van der Waals surface area contributed by atoms with Crippen molar-refractivity contribution in [3.63, 3.8) is 0 Å². The molecule has 1 fully saturated rings. The SMILES string of the molecule is N#Cc1ccc2c3c(n(OC4CCOC4)c2c1)Cc1ccccc1C3. The average molecular weight is 330 g/mol. The van der Waals surface area contributed by atoms with Gasteiger partial charge in [0, 0.05) is 24.6 Å². The fourth-order valence-electron chi connectivity index (χ4n) is 3.96. The van der Waals surface area contributed by atoms with Crippen LogP contribution in [0.2, 0.25) is 0 Å². The highest BCUT2D eigenvalue weighted by Gasteiger charge is 2.27. The van der Waals surface area contributed by atoms with E-state index in [0.29, 0.717) is 12.2 Å². The Kier molecular flexibility index (Phi) is 3.29. The van der Waals surface area contributed by atoms with Crippen LogP contribution in [0.1, 0.15) is 34.4 Å². The van der Waals surface area contributed by atoms with Gasteiger partial charge in [-0.15, -0.1) is 0 Å². The minimum atomic E-state index is 0.0719. The lowest BCUT2D eigenvalue weighted by Gasteiger charge is -2.21. The summed E-state index contributed by atoms with van der Waals surface area (Å²) in [6, 6.07) is 16.7. The number of benzene rings is 2. The topological polar surface area (TPSA) is 47.2 Å². The third-order valence-corrected chi connectivity index (χ3v) is 5.25. The van der Waals surface area contributed by atoms with Gasteiger partial charge < -0.3 is 9.57 Å². The number of rotatable bonds is 2. The predicted octanol–water partition coefficient (Wildman–Crippen LogP) is 3.23. The van der Waals surface area contributed by atoms with Crippen LogP contribution in [0.25, 0.3) is 10.9 Å². The summed E-state index contributed by atoms with van der Waals surface area (Å²) in [6.45, 7) is 1.38. The molecule has 1 aliphatic carbocycles. The highest BCUT2D eigenvalue weighted by molar-refractivity contribution is 5.87. The molecule has 2 aromatic carbocycles. The van der Waals surface area contributed by atoms with Crippen LogP contribution in [-0.2, 0) is 17.6 Å². The Hall–Kier alpha value is -2.77. The maximum absolute atomic E-state index is 9.30. The summed E-state index contributed by atoms with van der Waals surface area (Å²) in [4.78, 5) is 6.32. The Labute approximate surface area is 146 Å². The summed E-state index contributed by atoms with van der Waals surface area (Å²) >= 11 is 0. The van der Waals surface area contributed by atoms with Gasteiger partial charge in [0.2, 0.25) is 0 Å². The van der Waals surface area contributed by atoms with Crippen molar-refractivity contribution in [2.24, 2.45) is 0 Å². The highest BCUT2D eigenvalue weighted by Crippen LogP contribution is 2.35. The van der Waals surface area contributed by atoms with E-state index in [2.05, 4.69) is 36.4 Å². The first kappa shape index (κ1) is 14.6. The predicted molar refractivity (Wildman–Crippen MR) is 94.5 cm³/mol. The molecule has 0 amide bonds. The largest absolute Gasteiger partial charge is 0.408 e. The first-order valence-electron chi connectivity index (χ1n) is 8.71. The molecule has 1 aliphatic heterocycles. The third-order valence-electron chi connectivity index (χ3n) is 5.25. The average Bonchev–Trinajstić information content (AvgIpc) is 3.27. The van der Waals surface area contributed by atoms with Crippen LogP contribution in [0.5, 0.6) is 0 Å². The number of hydrogen-bond donors (Lipinski definition) is 0. The first-order valence-corrected chi connectivity index (χ1v) is 8.71. The Bertz CT molecular complexity index is 1010. The maximum Gasteiger partial charge on any atom is 0.150 e. The van der Waals surface area contributed by atoms with E-state index in [1.165, 1.54) is 27.8 Å². The molecule has 0 spiro atoms. The lowest BCUT2D eigenvalue weighted by atomic mass is 9.89. The summed E-state index contributed by atoms with van der Waals surface area (Å²) in [5.41, 5.74) is 6.90. The van der Waals surface area contributed by atoms with Crippen molar-refractivity contribution in [1.82, 2.24) is 4.73 Å². The van der Waals surface area contributed by atoms with Crippen LogP contribution in [0, 0.1) is 11.3 Å². The number of hydrogen-bond acceptors (Lipinski definition) is 3. The molecule has 5 rings (SSSR count). The molecule has 3 aromatic rings. The standard InChI is InChI=1S/C21H18N2O2/c22-12-14-5-6-18-19-10-15-3-1-2-4-16(15)11-21(19)23(20(18)9-14)25-17-7-8-24-13-17/h1-6,9,17H,7-8,10-11,13H2. The zero-order valence-electron chi connectivity index (χ0n) is 13.9. The molecule has 2 aliphatic rings. The number of nitriles is 1. The van der Waals surface area contributed by atoms with Gasteiger partial charge in [-0.2, -0.15) is 9.99 Å². The number of fused-ring (bicyclic) bond motifs is 4. The van der Waals surface area contributed by atoms with Crippen LogP contribution < -0.4 is 4.84 Å². The van der Waals surface area contributed by atoms with E-state index in [1.54, 1.807) is 0 Å². The van der Waals surface area contributed by atoms with Crippen LogP contribution >= 0.6 is 0 Å². The third kappa shape index (κ3) is 2.32. The minimum absolute atomic E-state index is 0.0719. The number of aromatic nitrogens is 1. The molecule has 1 saturated heterocycles. The Morgan fingerprint density at radius 1 is 1.12 bits per heavy atom. The van der Waals surface area contributed by atoms with E-state index in [-0.39, 0.29) is 6.10 Å². The molecule has 1 atom stereocenters. The summed E-state index contributed by atoms with van der Waals surface area (Å²) in [7, 11) is 0. The van der Waals surface area contributed by atoms with E-state index in [4.69, 9.17) is 9.57 Å². The van der Waals surface area contributed by atoms with E-state index in [9.17, 15) is 5.26 Å². The fourth-order valence-corrected chi connectivity index (χ4v) is 3.96. The van der Waals surface area contributed by atoms with E-state index in [0.717, 1.165) is 31.4 Å². The normalized spacial score (nSPS) is 18.6. The van der Waals surface area contributed by atoms with Crippen LogP contribution in [0.15, 0.2) is 42.5 Å². The van der Waals surface area contributed by atoms with Gasteiger partial charge in [0.05, 0.1) is 36.1 Å². The van der Waals surface area contributed by atoms with E-state index in [1.807, 2.05) is 16.9 Å². The fraction of sp³-hybridized carbons (Fsp3) is 0.286. The van der Waals surface area contributed by atoms with Gasteiger partial charge in [-0.25, -0.2) is 0 Å². The number of nitrogens with zero attached hydrogens (tertiary/aromatic N) is 2. The molecule has 2 heterocycles. The molecule has 0 bridgehead atoms. The molecular weight excluding hydrogens is 312 g/mol. The second-order valence-electron chi connectivity index (χ2n) is 6.78. The van der Waals surface area contributed by atoms with Crippen molar-refractivity contribution >= 4 is 10.9 Å². The van der Waals surface area contributed by atoms with E-state index >= 15 is 0 Å². The molecular formula is C21H18N2O2.